The molecule has 74 heavy (non-hydrogen) atoms. The Bertz CT molecular complexity index is 5030. The summed E-state index contributed by atoms with van der Waals surface area (Å²) in [6.07, 6.45) is 3.52. The molecule has 5 heterocycles. The van der Waals surface area contributed by atoms with Crippen molar-refractivity contribution in [2.75, 3.05) is 0 Å². The van der Waals surface area contributed by atoms with E-state index in [1.807, 2.05) is 133 Å². The lowest BCUT2D eigenvalue weighted by molar-refractivity contribution is 1.02. The predicted molar refractivity (Wildman–Crippen MR) is 291 cm³/mol. The summed E-state index contributed by atoms with van der Waals surface area (Å²) in [5.41, 5.74) is 12.6. The smallest absolute Gasteiger partial charge is 0.102 e. The zero-order valence-corrected chi connectivity index (χ0v) is 38.9. The van der Waals surface area contributed by atoms with Crippen LogP contribution in [0.5, 0.6) is 0 Å². The zero-order chi connectivity index (χ0) is 49.8. The molecule has 0 aliphatic rings. The third kappa shape index (κ3) is 5.73. The average molecular weight is 941 g/mol. The van der Waals surface area contributed by atoms with Crippen molar-refractivity contribution in [1.29, 1.82) is 26.3 Å². The molecular weight excluding hydrogens is 909 g/mol. The minimum absolute atomic E-state index is 0.338. The van der Waals surface area contributed by atoms with Crippen LogP contribution in [0.25, 0.3) is 121 Å². The predicted octanol–water partition coefficient (Wildman–Crippen LogP) is 14.5. The summed E-state index contributed by atoms with van der Waals surface area (Å²) in [6, 6.07) is 71.7. The molecule has 5 aromatic heterocycles. The largest absolute Gasteiger partial charge is 0.306 e. The number of fused-ring (bicyclic) bond motifs is 12. The van der Waals surface area contributed by atoms with Gasteiger partial charge in [-0.2, -0.15) is 26.3 Å². The molecule has 0 radical (unpaired) electrons. The number of hydrogen-bond donors (Lipinski definition) is 0. The van der Waals surface area contributed by atoms with Crippen molar-refractivity contribution in [1.82, 2.24) is 23.3 Å². The summed E-state index contributed by atoms with van der Waals surface area (Å²) >= 11 is 0. The normalized spacial score (nSPS) is 11.4. The monoisotopic (exact) mass is 940 g/mol. The fourth-order valence-corrected chi connectivity index (χ4v) is 11.6. The first kappa shape index (κ1) is 41.7. The van der Waals surface area contributed by atoms with Crippen LogP contribution in [-0.2, 0) is 0 Å². The molecule has 338 valence electrons. The summed E-state index contributed by atoms with van der Waals surface area (Å²) < 4.78 is 8.92. The molecule has 0 amide bonds. The first-order valence-electron chi connectivity index (χ1n) is 23.8. The van der Waals surface area contributed by atoms with Crippen LogP contribution in [0.15, 0.2) is 194 Å². The van der Waals surface area contributed by atoms with E-state index in [0.717, 1.165) is 87.2 Å². The number of hydrogen-bond acceptors (Lipinski definition) is 6. The van der Waals surface area contributed by atoms with Crippen molar-refractivity contribution in [3.8, 4) is 64.2 Å². The highest BCUT2D eigenvalue weighted by molar-refractivity contribution is 6.17. The Kier molecular flexibility index (Phi) is 8.97. The van der Waals surface area contributed by atoms with Crippen molar-refractivity contribution >= 4 is 87.2 Å². The summed E-state index contributed by atoms with van der Waals surface area (Å²) in [7, 11) is 0. The Balaban J connectivity index is 1.37. The molecule has 0 saturated carbocycles. The van der Waals surface area contributed by atoms with Gasteiger partial charge < -0.3 is 18.3 Å². The van der Waals surface area contributed by atoms with Crippen molar-refractivity contribution in [2.45, 2.75) is 0 Å². The third-order valence-corrected chi connectivity index (χ3v) is 14.6. The van der Waals surface area contributed by atoms with Gasteiger partial charge in [-0.15, -0.1) is 0 Å². The second-order valence-corrected chi connectivity index (χ2v) is 18.3. The van der Waals surface area contributed by atoms with E-state index in [0.29, 0.717) is 61.7 Å². The maximum atomic E-state index is 12.5. The summed E-state index contributed by atoms with van der Waals surface area (Å²) in [5, 5.41) is 61.0. The molecule has 10 heteroatoms. The van der Waals surface area contributed by atoms with Gasteiger partial charge in [-0.05, 0) is 103 Å². The van der Waals surface area contributed by atoms with Gasteiger partial charge in [0.2, 0.25) is 0 Å². The number of para-hydroxylation sites is 4. The highest BCUT2D eigenvalue weighted by Crippen LogP contribution is 2.52. The van der Waals surface area contributed by atoms with Crippen LogP contribution in [0.2, 0.25) is 0 Å². The van der Waals surface area contributed by atoms with E-state index in [9.17, 15) is 26.3 Å². The summed E-state index contributed by atoms with van der Waals surface area (Å²) in [4.78, 5) is 4.74. The lowest BCUT2D eigenvalue weighted by Crippen LogP contribution is -2.16. The maximum Gasteiger partial charge on any atom is 0.102 e. The number of aromatic nitrogens is 5. The van der Waals surface area contributed by atoms with E-state index in [4.69, 9.17) is 4.98 Å². The Morgan fingerprint density at radius 3 is 0.959 bits per heavy atom. The van der Waals surface area contributed by atoms with Crippen LogP contribution in [0, 0.1) is 56.7 Å². The van der Waals surface area contributed by atoms with E-state index in [-0.39, 0.29) is 0 Å². The van der Waals surface area contributed by atoms with Crippen LogP contribution in [0.3, 0.4) is 0 Å². The fraction of sp³-hybridized carbons (Fsp3) is 0. The van der Waals surface area contributed by atoms with Gasteiger partial charge in [-0.1, -0.05) is 78.9 Å². The molecule has 14 aromatic rings. The molecule has 0 bridgehead atoms. The quantitative estimate of drug-likeness (QED) is 0.167. The molecule has 0 fully saturated rings. The second-order valence-electron chi connectivity index (χ2n) is 18.3. The third-order valence-electron chi connectivity index (χ3n) is 14.6. The van der Waals surface area contributed by atoms with Gasteiger partial charge in [0, 0.05) is 66.6 Å². The molecule has 0 aliphatic carbocycles. The number of nitriles is 5. The SMILES string of the molecule is N#Cc1ccc2c(c1)c1ccccc1n2-c1c(C#N)c(-c2cccnc2)c(-n2c3ccccc3c3cc(C#N)ccc32)c(-n2c3ccccc3c3cc(C#N)ccc32)c1-n1c2ccccc2c2cc(C#N)ccc21. The fourth-order valence-electron chi connectivity index (χ4n) is 11.6. The highest BCUT2D eigenvalue weighted by Gasteiger charge is 2.35. The number of benzene rings is 9. The standard InChI is InChI=1S/C64H32N10/c65-32-38-19-23-56-47(28-38)43-11-1-5-15-52(43)71(56)61-51(36-69)60(42-10-9-27-70-37-42)62(72-53-16-6-2-12-44(53)48-29-39(33-66)20-24-57(48)72)64(74-55-18-8-4-14-46(55)50-31-41(35-68)22-26-59(50)74)63(61)73-54-17-7-3-13-45(54)49-30-40(34-67)21-25-58(49)73/h1-31,37H. The minimum atomic E-state index is 0.338. The van der Waals surface area contributed by atoms with Gasteiger partial charge in [0.1, 0.15) is 6.07 Å². The Hall–Kier alpha value is -11.2. The molecule has 0 aliphatic heterocycles. The van der Waals surface area contributed by atoms with Gasteiger partial charge in [-0.3, -0.25) is 4.98 Å². The highest BCUT2D eigenvalue weighted by atomic mass is 15.1. The van der Waals surface area contributed by atoms with E-state index >= 15 is 0 Å². The molecule has 14 rings (SSSR count). The maximum absolute atomic E-state index is 12.5. The Labute approximate surface area is 421 Å². The van der Waals surface area contributed by atoms with Crippen molar-refractivity contribution in [3.63, 3.8) is 0 Å². The molecular formula is C64H32N10. The lowest BCUT2D eigenvalue weighted by atomic mass is 9.93. The van der Waals surface area contributed by atoms with E-state index in [1.165, 1.54) is 0 Å². The van der Waals surface area contributed by atoms with Gasteiger partial charge in [0.15, 0.2) is 0 Å². The van der Waals surface area contributed by atoms with Crippen LogP contribution >= 0.6 is 0 Å². The first-order chi connectivity index (χ1) is 36.5. The van der Waals surface area contributed by atoms with Gasteiger partial charge in [0.25, 0.3) is 0 Å². The topological polar surface area (TPSA) is 152 Å². The Morgan fingerprint density at radius 2 is 0.622 bits per heavy atom. The van der Waals surface area contributed by atoms with Crippen LogP contribution in [0.4, 0.5) is 0 Å². The summed E-state index contributed by atoms with van der Waals surface area (Å²) in [6.45, 7) is 0. The van der Waals surface area contributed by atoms with Crippen LogP contribution < -0.4 is 0 Å². The Morgan fingerprint density at radius 1 is 0.297 bits per heavy atom. The molecule has 9 aromatic carbocycles. The number of rotatable bonds is 5. The van der Waals surface area contributed by atoms with Gasteiger partial charge in [-0.25, -0.2) is 0 Å². The zero-order valence-electron chi connectivity index (χ0n) is 38.9. The molecule has 0 N–H and O–H groups in total. The first-order valence-corrected chi connectivity index (χ1v) is 23.8. The van der Waals surface area contributed by atoms with Gasteiger partial charge in [0.05, 0.1) is 119 Å². The number of nitrogens with zero attached hydrogens (tertiary/aromatic N) is 10. The molecule has 0 spiro atoms. The molecule has 0 unspecified atom stereocenters. The lowest BCUT2D eigenvalue weighted by Gasteiger charge is -2.29. The molecule has 0 saturated heterocycles. The van der Waals surface area contributed by atoms with Crippen molar-refractivity contribution < 1.29 is 0 Å². The second kappa shape index (κ2) is 15.9. The minimum Gasteiger partial charge on any atom is -0.306 e. The summed E-state index contributed by atoms with van der Waals surface area (Å²) in [5.74, 6) is 0. The molecule has 0 atom stereocenters. The van der Waals surface area contributed by atoms with Crippen LogP contribution in [-0.4, -0.2) is 23.3 Å². The average Bonchev–Trinajstić information content (AvgIpc) is 4.19. The molecule has 10 nitrogen and oxygen atoms in total. The van der Waals surface area contributed by atoms with Crippen molar-refractivity contribution in [3.05, 3.63) is 222 Å². The van der Waals surface area contributed by atoms with Crippen molar-refractivity contribution in [2.24, 2.45) is 0 Å². The van der Waals surface area contributed by atoms with E-state index in [1.54, 1.807) is 12.4 Å². The van der Waals surface area contributed by atoms with E-state index in [2.05, 4.69) is 97.1 Å². The van der Waals surface area contributed by atoms with E-state index < -0.39 is 0 Å². The van der Waals surface area contributed by atoms with Crippen LogP contribution in [0.1, 0.15) is 27.8 Å². The van der Waals surface area contributed by atoms with Gasteiger partial charge >= 0.3 is 0 Å². The number of pyridine rings is 1.